The van der Waals surface area contributed by atoms with Crippen LogP contribution in [-0.4, -0.2) is 23.5 Å². The maximum Gasteiger partial charge on any atom is 0.341 e. The predicted octanol–water partition coefficient (Wildman–Crippen LogP) is 7.62. The van der Waals surface area contributed by atoms with Crippen molar-refractivity contribution in [2.24, 2.45) is 0 Å². The highest BCUT2D eigenvalue weighted by Crippen LogP contribution is 2.37. The minimum atomic E-state index is -0.464. The van der Waals surface area contributed by atoms with E-state index < -0.39 is 5.97 Å². The molecular weight excluding hydrogens is 480 g/mol. The lowest BCUT2D eigenvalue weighted by molar-refractivity contribution is 0.0529. The molecular formula is C31H26N2O3S. The Hall–Kier alpha value is -4.29. The van der Waals surface area contributed by atoms with Crippen molar-refractivity contribution in [2.75, 3.05) is 11.9 Å². The van der Waals surface area contributed by atoms with Crippen molar-refractivity contribution < 1.29 is 14.3 Å². The van der Waals surface area contributed by atoms with Crippen molar-refractivity contribution in [2.45, 2.75) is 20.3 Å². The Bertz CT molecular complexity index is 1570. The Labute approximate surface area is 219 Å². The minimum Gasteiger partial charge on any atom is -0.462 e. The van der Waals surface area contributed by atoms with E-state index in [2.05, 4.69) is 24.4 Å². The Morgan fingerprint density at radius 1 is 0.892 bits per heavy atom. The molecule has 1 N–H and O–H groups in total. The number of esters is 1. The third-order valence-electron chi connectivity index (χ3n) is 6.20. The first kappa shape index (κ1) is 24.4. The molecule has 0 spiro atoms. The van der Waals surface area contributed by atoms with Gasteiger partial charge in [0.25, 0.3) is 5.91 Å². The van der Waals surface area contributed by atoms with Gasteiger partial charge in [0.05, 0.1) is 23.4 Å². The molecule has 0 aliphatic rings. The van der Waals surface area contributed by atoms with Gasteiger partial charge in [0, 0.05) is 21.9 Å². The highest BCUT2D eigenvalue weighted by Gasteiger charge is 2.24. The van der Waals surface area contributed by atoms with Gasteiger partial charge in [0.1, 0.15) is 10.6 Å². The van der Waals surface area contributed by atoms with Crippen molar-refractivity contribution in [1.29, 1.82) is 0 Å². The standard InChI is InChI=1S/C31H26N2O3S/c1-3-20-14-16-22(17-15-20)27-18-24(23-12-8-9-13-26(23)32-27)29(34)33-30-28(31(35)36-4-2)25(19-37-30)21-10-6-5-7-11-21/h5-19H,3-4H2,1-2H3,(H,33,34). The first-order valence-electron chi connectivity index (χ1n) is 12.2. The zero-order chi connectivity index (χ0) is 25.8. The molecule has 184 valence electrons. The lowest BCUT2D eigenvalue weighted by atomic mass is 10.0. The van der Waals surface area contributed by atoms with E-state index >= 15 is 0 Å². The van der Waals surface area contributed by atoms with Crippen molar-refractivity contribution in [3.05, 3.63) is 107 Å². The molecule has 0 radical (unpaired) electrons. The van der Waals surface area contributed by atoms with Gasteiger partial charge in [-0.15, -0.1) is 11.3 Å². The molecule has 2 heterocycles. The molecule has 37 heavy (non-hydrogen) atoms. The molecule has 0 saturated heterocycles. The van der Waals surface area contributed by atoms with Crippen molar-refractivity contribution in [1.82, 2.24) is 4.98 Å². The quantitative estimate of drug-likeness (QED) is 0.231. The van der Waals surface area contributed by atoms with Crippen LogP contribution < -0.4 is 5.32 Å². The number of hydrogen-bond donors (Lipinski definition) is 1. The minimum absolute atomic E-state index is 0.242. The number of amides is 1. The summed E-state index contributed by atoms with van der Waals surface area (Å²) in [4.78, 5) is 31.5. The van der Waals surface area contributed by atoms with Crippen LogP contribution in [-0.2, 0) is 11.2 Å². The van der Waals surface area contributed by atoms with Crippen LogP contribution in [0, 0.1) is 0 Å². The van der Waals surface area contributed by atoms with Crippen molar-refractivity contribution in [3.63, 3.8) is 0 Å². The number of aromatic nitrogens is 1. The van der Waals surface area contributed by atoms with E-state index in [1.165, 1.54) is 16.9 Å². The molecule has 6 heteroatoms. The van der Waals surface area contributed by atoms with Crippen LogP contribution in [0.3, 0.4) is 0 Å². The normalized spacial score (nSPS) is 10.9. The highest BCUT2D eigenvalue weighted by molar-refractivity contribution is 7.15. The Morgan fingerprint density at radius 2 is 1.62 bits per heavy atom. The second-order valence-electron chi connectivity index (χ2n) is 8.52. The van der Waals surface area contributed by atoms with Gasteiger partial charge in [-0.25, -0.2) is 9.78 Å². The first-order valence-corrected chi connectivity index (χ1v) is 13.1. The lowest BCUT2D eigenvalue weighted by Crippen LogP contribution is -2.15. The summed E-state index contributed by atoms with van der Waals surface area (Å²) < 4.78 is 5.35. The van der Waals surface area contributed by atoms with Gasteiger partial charge in [0.15, 0.2) is 0 Å². The number of nitrogens with one attached hydrogen (secondary N) is 1. The average Bonchev–Trinajstić information content (AvgIpc) is 3.36. The first-order chi connectivity index (χ1) is 18.1. The smallest absolute Gasteiger partial charge is 0.341 e. The summed E-state index contributed by atoms with van der Waals surface area (Å²) in [5.41, 5.74) is 6.09. The van der Waals surface area contributed by atoms with E-state index in [0.29, 0.717) is 21.8 Å². The summed E-state index contributed by atoms with van der Waals surface area (Å²) in [6.45, 7) is 4.12. The Kier molecular flexibility index (Phi) is 7.10. The maximum absolute atomic E-state index is 13.7. The van der Waals surface area contributed by atoms with Gasteiger partial charge in [-0.3, -0.25) is 4.79 Å². The fourth-order valence-corrected chi connectivity index (χ4v) is 5.23. The number of carbonyl (C=O) groups is 2. The van der Waals surface area contributed by atoms with E-state index in [0.717, 1.165) is 34.0 Å². The molecule has 2 aromatic heterocycles. The molecule has 5 rings (SSSR count). The maximum atomic E-state index is 13.7. The molecule has 0 bridgehead atoms. The summed E-state index contributed by atoms with van der Waals surface area (Å²) >= 11 is 1.31. The zero-order valence-corrected chi connectivity index (χ0v) is 21.5. The number of benzene rings is 3. The van der Waals surface area contributed by atoms with Crippen LogP contribution in [0.2, 0.25) is 0 Å². The molecule has 5 aromatic rings. The van der Waals surface area contributed by atoms with Gasteiger partial charge in [-0.2, -0.15) is 0 Å². The largest absolute Gasteiger partial charge is 0.462 e. The van der Waals surface area contributed by atoms with Crippen LogP contribution in [0.5, 0.6) is 0 Å². The molecule has 0 atom stereocenters. The van der Waals surface area contributed by atoms with Gasteiger partial charge >= 0.3 is 5.97 Å². The lowest BCUT2D eigenvalue weighted by Gasteiger charge is -2.12. The number of ether oxygens (including phenoxy) is 1. The second kappa shape index (κ2) is 10.8. The summed E-state index contributed by atoms with van der Waals surface area (Å²) in [7, 11) is 0. The van der Waals surface area contributed by atoms with E-state index in [1.807, 2.05) is 78.2 Å². The number of carbonyl (C=O) groups excluding carboxylic acids is 2. The molecule has 5 nitrogen and oxygen atoms in total. The Balaban J connectivity index is 1.57. The summed E-state index contributed by atoms with van der Waals surface area (Å²) in [6, 6.07) is 27.2. The average molecular weight is 507 g/mol. The van der Waals surface area contributed by atoms with E-state index in [9.17, 15) is 9.59 Å². The summed E-state index contributed by atoms with van der Waals surface area (Å²) in [6.07, 6.45) is 0.952. The number of anilines is 1. The highest BCUT2D eigenvalue weighted by atomic mass is 32.1. The van der Waals surface area contributed by atoms with E-state index in [-0.39, 0.29) is 12.5 Å². The van der Waals surface area contributed by atoms with Crippen molar-refractivity contribution >= 4 is 39.1 Å². The number of thiophene rings is 1. The summed E-state index contributed by atoms with van der Waals surface area (Å²) in [5.74, 6) is -0.772. The molecule has 0 aliphatic carbocycles. The third-order valence-corrected chi connectivity index (χ3v) is 7.10. The van der Waals surface area contributed by atoms with Crippen molar-refractivity contribution in [3.8, 4) is 22.4 Å². The second-order valence-corrected chi connectivity index (χ2v) is 9.40. The van der Waals surface area contributed by atoms with Crippen LogP contribution in [0.1, 0.15) is 40.1 Å². The molecule has 0 unspecified atom stereocenters. The monoisotopic (exact) mass is 506 g/mol. The van der Waals surface area contributed by atoms with Gasteiger partial charge in [-0.05, 0) is 36.6 Å². The fraction of sp³-hybridized carbons (Fsp3) is 0.129. The fourth-order valence-electron chi connectivity index (χ4n) is 4.28. The summed E-state index contributed by atoms with van der Waals surface area (Å²) in [5, 5.41) is 6.07. The number of para-hydroxylation sites is 1. The van der Waals surface area contributed by atoms with Crippen LogP contribution in [0.25, 0.3) is 33.3 Å². The predicted molar refractivity (Wildman–Crippen MR) is 150 cm³/mol. The number of fused-ring (bicyclic) bond motifs is 1. The topological polar surface area (TPSA) is 68.3 Å². The molecule has 3 aromatic carbocycles. The molecule has 0 saturated carbocycles. The van der Waals surface area contributed by atoms with Crippen LogP contribution in [0.15, 0.2) is 90.3 Å². The van der Waals surface area contributed by atoms with Gasteiger partial charge in [0.2, 0.25) is 0 Å². The molecule has 0 fully saturated rings. The zero-order valence-electron chi connectivity index (χ0n) is 20.7. The van der Waals surface area contributed by atoms with Gasteiger partial charge < -0.3 is 10.1 Å². The number of pyridine rings is 1. The third kappa shape index (κ3) is 5.01. The molecule has 0 aliphatic heterocycles. The number of hydrogen-bond acceptors (Lipinski definition) is 5. The van der Waals surface area contributed by atoms with Crippen LogP contribution in [0.4, 0.5) is 5.00 Å². The Morgan fingerprint density at radius 3 is 2.35 bits per heavy atom. The van der Waals surface area contributed by atoms with Gasteiger partial charge in [-0.1, -0.05) is 79.7 Å². The molecule has 1 amide bonds. The van der Waals surface area contributed by atoms with E-state index in [1.54, 1.807) is 6.92 Å². The number of rotatable bonds is 7. The number of nitrogens with zero attached hydrogens (tertiary/aromatic N) is 1. The van der Waals surface area contributed by atoms with Crippen LogP contribution >= 0.6 is 11.3 Å². The number of aryl methyl sites for hydroxylation is 1. The van der Waals surface area contributed by atoms with E-state index in [4.69, 9.17) is 9.72 Å². The SMILES string of the molecule is CCOC(=O)c1c(-c2ccccc2)csc1NC(=O)c1cc(-c2ccc(CC)cc2)nc2ccccc12.